The van der Waals surface area contributed by atoms with Crippen molar-refractivity contribution in [1.29, 1.82) is 0 Å². The molecule has 0 amide bonds. The summed E-state index contributed by atoms with van der Waals surface area (Å²) in [6.45, 7) is 8.39. The summed E-state index contributed by atoms with van der Waals surface area (Å²) in [5, 5.41) is 0. The van der Waals surface area contributed by atoms with Crippen molar-refractivity contribution < 1.29 is 0 Å². The predicted octanol–water partition coefficient (Wildman–Crippen LogP) is 1.89. The average molecular weight is 221 g/mol. The highest BCUT2D eigenvalue weighted by molar-refractivity contribution is 5.08. The lowest BCUT2D eigenvalue weighted by Gasteiger charge is -2.33. The Balaban J connectivity index is 2.51. The first-order valence-electron chi connectivity index (χ1n) is 5.75. The van der Waals surface area contributed by atoms with E-state index in [2.05, 4.69) is 43.8 Å². The van der Waals surface area contributed by atoms with Crippen LogP contribution in [0, 0.1) is 5.41 Å². The molecule has 0 aliphatic carbocycles. The fraction of sp³-hybridized carbons (Fsp3) is 0.615. The molecule has 90 valence electrons. The van der Waals surface area contributed by atoms with Crippen molar-refractivity contribution in [2.75, 3.05) is 13.6 Å². The van der Waals surface area contributed by atoms with Crippen LogP contribution in [0.2, 0.25) is 0 Å². The van der Waals surface area contributed by atoms with Gasteiger partial charge in [-0.15, -0.1) is 0 Å². The maximum atomic E-state index is 5.97. The molecule has 0 aromatic carbocycles. The van der Waals surface area contributed by atoms with Gasteiger partial charge in [-0.3, -0.25) is 4.98 Å². The Bertz CT molecular complexity index is 306. The lowest BCUT2D eigenvalue weighted by molar-refractivity contribution is 0.178. The van der Waals surface area contributed by atoms with Crippen molar-refractivity contribution in [2.24, 2.45) is 11.1 Å². The van der Waals surface area contributed by atoms with Crippen LogP contribution in [0.3, 0.4) is 0 Å². The first-order valence-corrected chi connectivity index (χ1v) is 5.75. The fourth-order valence-corrected chi connectivity index (χ4v) is 1.70. The highest BCUT2D eigenvalue weighted by Gasteiger charge is 2.24. The summed E-state index contributed by atoms with van der Waals surface area (Å²) in [5.74, 6) is 0. The zero-order chi connectivity index (χ0) is 12.2. The molecule has 0 aliphatic heterocycles. The smallest absolute Gasteiger partial charge is 0.0312 e. The van der Waals surface area contributed by atoms with Crippen LogP contribution in [0.4, 0.5) is 0 Å². The molecule has 3 nitrogen and oxygen atoms in total. The van der Waals surface area contributed by atoms with E-state index in [9.17, 15) is 0 Å². The molecule has 0 saturated carbocycles. The van der Waals surface area contributed by atoms with Gasteiger partial charge in [0.25, 0.3) is 0 Å². The van der Waals surface area contributed by atoms with Gasteiger partial charge >= 0.3 is 0 Å². The zero-order valence-electron chi connectivity index (χ0n) is 10.8. The minimum Gasteiger partial charge on any atom is -0.327 e. The predicted molar refractivity (Wildman–Crippen MR) is 68.0 cm³/mol. The first-order chi connectivity index (χ1) is 7.42. The lowest BCUT2D eigenvalue weighted by Crippen LogP contribution is -2.42. The Kier molecular flexibility index (Phi) is 4.44. The minimum absolute atomic E-state index is 0.136. The van der Waals surface area contributed by atoms with E-state index in [0.29, 0.717) is 0 Å². The van der Waals surface area contributed by atoms with Crippen LogP contribution < -0.4 is 5.73 Å². The topological polar surface area (TPSA) is 42.1 Å². The van der Waals surface area contributed by atoms with Crippen LogP contribution in [-0.2, 0) is 6.54 Å². The number of hydrogen-bond acceptors (Lipinski definition) is 3. The largest absolute Gasteiger partial charge is 0.327 e. The van der Waals surface area contributed by atoms with Crippen molar-refractivity contribution >= 4 is 0 Å². The summed E-state index contributed by atoms with van der Waals surface area (Å²) >= 11 is 0. The minimum atomic E-state index is 0.136. The molecule has 16 heavy (non-hydrogen) atoms. The van der Waals surface area contributed by atoms with Gasteiger partial charge in [-0.05, 0) is 31.0 Å². The van der Waals surface area contributed by atoms with E-state index >= 15 is 0 Å². The van der Waals surface area contributed by atoms with Crippen LogP contribution >= 0.6 is 0 Å². The Morgan fingerprint density at radius 1 is 1.50 bits per heavy atom. The summed E-state index contributed by atoms with van der Waals surface area (Å²) in [6, 6.07) is 4.27. The maximum Gasteiger partial charge on any atom is 0.0312 e. The SMILES string of the molecule is CC(N)C(C)(C)CN(C)Cc1cccnc1. The number of nitrogens with two attached hydrogens (primary N) is 1. The molecule has 0 radical (unpaired) electrons. The molecular weight excluding hydrogens is 198 g/mol. The Hall–Kier alpha value is -0.930. The van der Waals surface area contributed by atoms with E-state index in [1.54, 1.807) is 6.20 Å². The van der Waals surface area contributed by atoms with E-state index in [-0.39, 0.29) is 11.5 Å². The van der Waals surface area contributed by atoms with Gasteiger partial charge in [0.1, 0.15) is 0 Å². The number of nitrogens with zero attached hydrogens (tertiary/aromatic N) is 2. The second-order valence-corrected chi connectivity index (χ2v) is 5.31. The van der Waals surface area contributed by atoms with Crippen LogP contribution in [0.25, 0.3) is 0 Å². The average Bonchev–Trinajstić information content (AvgIpc) is 2.17. The number of rotatable bonds is 5. The van der Waals surface area contributed by atoms with Crippen LogP contribution in [0.1, 0.15) is 26.3 Å². The van der Waals surface area contributed by atoms with Crippen molar-refractivity contribution in [3.8, 4) is 0 Å². The third kappa shape index (κ3) is 3.91. The molecular formula is C13H23N3. The van der Waals surface area contributed by atoms with Crippen molar-refractivity contribution in [3.63, 3.8) is 0 Å². The van der Waals surface area contributed by atoms with Crippen molar-refractivity contribution in [1.82, 2.24) is 9.88 Å². The molecule has 1 aromatic heterocycles. The normalized spacial score (nSPS) is 14.1. The van der Waals surface area contributed by atoms with E-state index in [0.717, 1.165) is 13.1 Å². The summed E-state index contributed by atoms with van der Waals surface area (Å²) in [5.41, 5.74) is 7.35. The van der Waals surface area contributed by atoms with E-state index in [4.69, 9.17) is 5.73 Å². The molecule has 1 rings (SSSR count). The quantitative estimate of drug-likeness (QED) is 0.825. The standard InChI is InChI=1S/C13H23N3/c1-11(14)13(2,3)10-16(4)9-12-6-5-7-15-8-12/h5-8,11H,9-10,14H2,1-4H3. The third-order valence-electron chi connectivity index (χ3n) is 3.09. The summed E-state index contributed by atoms with van der Waals surface area (Å²) in [7, 11) is 2.12. The van der Waals surface area contributed by atoms with Crippen LogP contribution in [-0.4, -0.2) is 29.5 Å². The molecule has 0 aliphatic rings. The molecule has 1 heterocycles. The Morgan fingerprint density at radius 2 is 2.19 bits per heavy atom. The van der Waals surface area contributed by atoms with Gasteiger partial charge in [-0.1, -0.05) is 19.9 Å². The van der Waals surface area contributed by atoms with Gasteiger partial charge in [0.15, 0.2) is 0 Å². The molecule has 1 aromatic rings. The monoisotopic (exact) mass is 221 g/mol. The molecule has 0 bridgehead atoms. The molecule has 0 saturated heterocycles. The summed E-state index contributed by atoms with van der Waals surface area (Å²) in [4.78, 5) is 6.41. The molecule has 0 spiro atoms. The Labute approximate surface area is 98.7 Å². The van der Waals surface area contributed by atoms with Gasteiger partial charge in [-0.2, -0.15) is 0 Å². The second kappa shape index (κ2) is 5.41. The highest BCUT2D eigenvalue weighted by atomic mass is 15.1. The zero-order valence-corrected chi connectivity index (χ0v) is 10.8. The van der Waals surface area contributed by atoms with E-state index in [1.165, 1.54) is 5.56 Å². The maximum absolute atomic E-state index is 5.97. The third-order valence-corrected chi connectivity index (χ3v) is 3.09. The van der Waals surface area contributed by atoms with Gasteiger partial charge in [-0.25, -0.2) is 0 Å². The molecule has 0 fully saturated rings. The van der Waals surface area contributed by atoms with Gasteiger partial charge in [0.05, 0.1) is 0 Å². The number of pyridine rings is 1. The summed E-state index contributed by atoms with van der Waals surface area (Å²) in [6.07, 6.45) is 3.71. The fourth-order valence-electron chi connectivity index (χ4n) is 1.70. The van der Waals surface area contributed by atoms with Gasteiger partial charge in [0.2, 0.25) is 0 Å². The molecule has 1 atom stereocenters. The van der Waals surface area contributed by atoms with Crippen molar-refractivity contribution in [2.45, 2.75) is 33.4 Å². The summed E-state index contributed by atoms with van der Waals surface area (Å²) < 4.78 is 0. The number of aromatic nitrogens is 1. The van der Waals surface area contributed by atoms with Crippen LogP contribution in [0.15, 0.2) is 24.5 Å². The highest BCUT2D eigenvalue weighted by Crippen LogP contribution is 2.20. The Morgan fingerprint density at radius 3 is 2.69 bits per heavy atom. The molecule has 3 heteroatoms. The van der Waals surface area contributed by atoms with E-state index < -0.39 is 0 Å². The first kappa shape index (κ1) is 13.1. The molecule has 2 N–H and O–H groups in total. The molecule has 1 unspecified atom stereocenters. The lowest BCUT2D eigenvalue weighted by atomic mass is 9.85. The van der Waals surface area contributed by atoms with Crippen molar-refractivity contribution in [3.05, 3.63) is 30.1 Å². The second-order valence-electron chi connectivity index (χ2n) is 5.31. The van der Waals surface area contributed by atoms with Crippen LogP contribution in [0.5, 0.6) is 0 Å². The number of hydrogen-bond donors (Lipinski definition) is 1. The van der Waals surface area contributed by atoms with E-state index in [1.807, 2.05) is 12.3 Å². The van der Waals surface area contributed by atoms with Gasteiger partial charge in [0, 0.05) is 31.5 Å². The van der Waals surface area contributed by atoms with Gasteiger partial charge < -0.3 is 10.6 Å².